The second-order valence-corrected chi connectivity index (χ2v) is 9.75. The Hall–Kier alpha value is -3.49. The van der Waals surface area contributed by atoms with E-state index in [1.54, 1.807) is 20.0 Å². The number of rotatable bonds is 6. The fraction of sp³-hybridized carbons (Fsp3) is 0.190. The van der Waals surface area contributed by atoms with Crippen LogP contribution in [0.5, 0.6) is 0 Å². The first kappa shape index (κ1) is 25.6. The zero-order chi connectivity index (χ0) is 26.0. The maximum Gasteiger partial charge on any atom is 0.418 e. The van der Waals surface area contributed by atoms with Crippen molar-refractivity contribution in [3.8, 4) is 10.7 Å². The van der Waals surface area contributed by atoms with Crippen LogP contribution in [0.25, 0.3) is 10.7 Å². The third-order valence-corrected chi connectivity index (χ3v) is 7.31. The molecule has 186 valence electrons. The van der Waals surface area contributed by atoms with Gasteiger partial charge in [0.2, 0.25) is 0 Å². The molecule has 4 aromatic rings. The van der Waals surface area contributed by atoms with Gasteiger partial charge < -0.3 is 10.6 Å². The van der Waals surface area contributed by atoms with Gasteiger partial charge in [0.05, 0.1) is 34.7 Å². The van der Waals surface area contributed by atoms with Crippen LogP contribution in [0.3, 0.4) is 0 Å². The minimum absolute atomic E-state index is 0.121. The fourth-order valence-electron chi connectivity index (χ4n) is 2.95. The van der Waals surface area contributed by atoms with Gasteiger partial charge in [-0.25, -0.2) is 15.0 Å². The zero-order valence-electron chi connectivity index (χ0n) is 18.4. The quantitative estimate of drug-likeness (QED) is 0.337. The van der Waals surface area contributed by atoms with Gasteiger partial charge in [-0.3, -0.25) is 19.6 Å². The van der Waals surface area contributed by atoms with Crippen molar-refractivity contribution in [1.29, 1.82) is 0 Å². The predicted octanol–water partition coefficient (Wildman–Crippen LogP) is 5.18. The molecule has 2 N–H and O–H groups in total. The van der Waals surface area contributed by atoms with Crippen LogP contribution in [0.1, 0.15) is 48.6 Å². The topological polar surface area (TPSA) is 123 Å². The standard InChI is InChI=1S/C21H15ClF3N7O2S2/c1-9-16(36-20(31-9)13-7-26-3-4-27-13)18(34)30-10(2)19-29-8-14(35-19)17(33)32-15-5-11(21(23,24)25)12(22)6-28-15/h3-8,10H,1-2H3,(H,30,34)(H,28,32,33)/t10-/m1/s1. The number of pyridine rings is 1. The van der Waals surface area contributed by atoms with E-state index in [1.165, 1.54) is 29.9 Å². The predicted molar refractivity (Wildman–Crippen MR) is 128 cm³/mol. The third-order valence-electron chi connectivity index (χ3n) is 4.65. The first-order valence-electron chi connectivity index (χ1n) is 10.1. The smallest absolute Gasteiger partial charge is 0.342 e. The van der Waals surface area contributed by atoms with Crippen LogP contribution in [0.4, 0.5) is 19.0 Å². The molecule has 15 heteroatoms. The molecule has 9 nitrogen and oxygen atoms in total. The number of nitrogens with zero attached hydrogens (tertiary/aromatic N) is 5. The van der Waals surface area contributed by atoms with Crippen molar-refractivity contribution in [3.63, 3.8) is 0 Å². The number of anilines is 1. The molecule has 4 aromatic heterocycles. The van der Waals surface area contributed by atoms with Gasteiger partial charge in [-0.1, -0.05) is 11.6 Å². The molecule has 0 saturated carbocycles. The van der Waals surface area contributed by atoms with Gasteiger partial charge in [0.15, 0.2) is 0 Å². The van der Waals surface area contributed by atoms with E-state index in [0.717, 1.165) is 17.5 Å². The number of carbonyl (C=O) groups is 2. The van der Waals surface area contributed by atoms with Crippen molar-refractivity contribution < 1.29 is 22.8 Å². The van der Waals surface area contributed by atoms with Gasteiger partial charge in [0, 0.05) is 18.6 Å². The number of hydrogen-bond donors (Lipinski definition) is 2. The Morgan fingerprint density at radius 2 is 1.83 bits per heavy atom. The van der Waals surface area contributed by atoms with Crippen molar-refractivity contribution in [2.75, 3.05) is 5.32 Å². The van der Waals surface area contributed by atoms with E-state index >= 15 is 0 Å². The number of halogens is 4. The van der Waals surface area contributed by atoms with Crippen LogP contribution in [0.15, 0.2) is 37.1 Å². The van der Waals surface area contributed by atoms with Gasteiger partial charge in [-0.2, -0.15) is 13.2 Å². The summed E-state index contributed by atoms with van der Waals surface area (Å²) < 4.78 is 39.1. The molecule has 0 aliphatic heterocycles. The number of hydrogen-bond acceptors (Lipinski definition) is 9. The van der Waals surface area contributed by atoms with Gasteiger partial charge in [0.25, 0.3) is 11.8 Å². The molecule has 0 aliphatic rings. The lowest BCUT2D eigenvalue weighted by Gasteiger charge is -2.11. The summed E-state index contributed by atoms with van der Waals surface area (Å²) in [5.74, 6) is -1.39. The van der Waals surface area contributed by atoms with Crippen LogP contribution in [0, 0.1) is 6.92 Å². The highest BCUT2D eigenvalue weighted by Crippen LogP contribution is 2.35. The van der Waals surface area contributed by atoms with Gasteiger partial charge in [-0.05, 0) is 19.9 Å². The second-order valence-electron chi connectivity index (χ2n) is 7.28. The summed E-state index contributed by atoms with van der Waals surface area (Å²) in [6, 6.07) is 0.0913. The molecule has 0 aliphatic carbocycles. The number of carbonyl (C=O) groups excluding carboxylic acids is 2. The molecule has 4 heterocycles. The van der Waals surface area contributed by atoms with E-state index in [4.69, 9.17) is 11.6 Å². The molecule has 0 aromatic carbocycles. The molecule has 1 atom stereocenters. The van der Waals surface area contributed by atoms with Gasteiger partial charge >= 0.3 is 6.18 Å². The maximum absolute atomic E-state index is 13.0. The summed E-state index contributed by atoms with van der Waals surface area (Å²) in [5, 5.41) is 5.50. The third kappa shape index (κ3) is 5.66. The Bertz CT molecular complexity index is 1430. The van der Waals surface area contributed by atoms with Crippen LogP contribution >= 0.6 is 34.3 Å². The summed E-state index contributed by atoms with van der Waals surface area (Å²) in [5.41, 5.74) is -0.0410. The molecule has 0 fully saturated rings. The SMILES string of the molecule is Cc1nc(-c2cnccn2)sc1C(=O)N[C@H](C)c1ncc(C(=O)Nc2cc(C(F)(F)F)c(Cl)cn2)s1. The summed E-state index contributed by atoms with van der Waals surface area (Å²) in [6.07, 6.45) is 2.00. The van der Waals surface area contributed by atoms with Crippen molar-refractivity contribution in [2.45, 2.75) is 26.1 Å². The molecule has 0 radical (unpaired) electrons. The molecule has 0 bridgehead atoms. The Kier molecular flexibility index (Phi) is 7.28. The number of aromatic nitrogens is 5. The highest BCUT2D eigenvalue weighted by atomic mass is 35.5. The van der Waals surface area contributed by atoms with E-state index in [1.807, 2.05) is 0 Å². The summed E-state index contributed by atoms with van der Waals surface area (Å²) in [4.78, 5) is 46.3. The van der Waals surface area contributed by atoms with Crippen LogP contribution in [-0.2, 0) is 6.18 Å². The van der Waals surface area contributed by atoms with E-state index < -0.39 is 28.7 Å². The Labute approximate surface area is 214 Å². The molecular formula is C21H15ClF3N7O2S2. The molecule has 4 rings (SSSR count). The molecular weight excluding hydrogens is 539 g/mol. The van der Waals surface area contributed by atoms with Gasteiger partial charge in [-0.15, -0.1) is 22.7 Å². The fourth-order valence-corrected chi connectivity index (χ4v) is 4.90. The first-order chi connectivity index (χ1) is 17.0. The van der Waals surface area contributed by atoms with Crippen LogP contribution in [-0.4, -0.2) is 36.7 Å². The Morgan fingerprint density at radius 1 is 1.06 bits per heavy atom. The molecule has 0 unspecified atom stereocenters. The van der Waals surface area contributed by atoms with E-state index in [9.17, 15) is 22.8 Å². The number of alkyl halides is 3. The second kappa shape index (κ2) is 10.2. The Morgan fingerprint density at radius 3 is 2.53 bits per heavy atom. The number of nitrogens with one attached hydrogen (secondary N) is 2. The summed E-state index contributed by atoms with van der Waals surface area (Å²) in [6.45, 7) is 3.39. The average molecular weight is 554 g/mol. The average Bonchev–Trinajstić information content (AvgIpc) is 3.48. The highest BCUT2D eigenvalue weighted by molar-refractivity contribution is 7.17. The minimum atomic E-state index is -4.70. The van der Waals surface area contributed by atoms with Gasteiger partial charge in [0.1, 0.15) is 31.3 Å². The van der Waals surface area contributed by atoms with Crippen molar-refractivity contribution in [3.05, 3.63) is 68.1 Å². The van der Waals surface area contributed by atoms with E-state index in [2.05, 4.69) is 35.6 Å². The Balaban J connectivity index is 1.43. The van der Waals surface area contributed by atoms with Crippen molar-refractivity contribution >= 4 is 51.9 Å². The normalized spacial score (nSPS) is 12.3. The van der Waals surface area contributed by atoms with E-state index in [-0.39, 0.29) is 16.6 Å². The highest BCUT2D eigenvalue weighted by Gasteiger charge is 2.34. The number of aryl methyl sites for hydroxylation is 1. The van der Waals surface area contributed by atoms with Crippen LogP contribution in [0.2, 0.25) is 5.02 Å². The lowest BCUT2D eigenvalue weighted by molar-refractivity contribution is -0.137. The maximum atomic E-state index is 13.0. The zero-order valence-corrected chi connectivity index (χ0v) is 20.8. The summed E-state index contributed by atoms with van der Waals surface area (Å²) in [7, 11) is 0. The lowest BCUT2D eigenvalue weighted by atomic mass is 10.2. The monoisotopic (exact) mass is 553 g/mol. The molecule has 0 saturated heterocycles. The van der Waals surface area contributed by atoms with Crippen LogP contribution < -0.4 is 10.6 Å². The number of thiazole rings is 2. The summed E-state index contributed by atoms with van der Waals surface area (Å²) >= 11 is 7.70. The molecule has 2 amide bonds. The van der Waals surface area contributed by atoms with Crippen molar-refractivity contribution in [2.24, 2.45) is 0 Å². The first-order valence-corrected chi connectivity index (χ1v) is 12.1. The van der Waals surface area contributed by atoms with Crippen molar-refractivity contribution in [1.82, 2.24) is 30.2 Å². The van der Waals surface area contributed by atoms with E-state index in [0.29, 0.717) is 32.3 Å². The number of amides is 2. The molecule has 0 spiro atoms. The molecule has 36 heavy (non-hydrogen) atoms. The minimum Gasteiger partial charge on any atom is -0.342 e. The lowest BCUT2D eigenvalue weighted by Crippen LogP contribution is -2.26. The largest absolute Gasteiger partial charge is 0.418 e.